The number of hydrogen-bond acceptors (Lipinski definition) is 5. The minimum atomic E-state index is -0.183. The van der Waals surface area contributed by atoms with Crippen LogP contribution in [-0.4, -0.2) is 31.3 Å². The van der Waals surface area contributed by atoms with Gasteiger partial charge in [0.2, 0.25) is 5.91 Å². The Balaban J connectivity index is 3.09. The van der Waals surface area contributed by atoms with Crippen LogP contribution >= 0.6 is 0 Å². The number of methoxy groups -OCH3 is 1. The molecule has 0 spiro atoms. The van der Waals surface area contributed by atoms with Crippen molar-refractivity contribution in [2.24, 2.45) is 0 Å². The minimum Gasteiger partial charge on any atom is -0.495 e. The average molecular weight is 277 g/mol. The van der Waals surface area contributed by atoms with Crippen LogP contribution in [0.3, 0.4) is 0 Å². The van der Waals surface area contributed by atoms with E-state index in [1.807, 2.05) is 6.07 Å². The Kier molecular flexibility index (Phi) is 6.33. The first-order valence-corrected chi connectivity index (χ1v) is 6.32. The molecule has 0 heterocycles. The molecule has 0 aromatic heterocycles. The molecule has 0 aliphatic rings. The molecule has 0 radical (unpaired) electrons. The van der Waals surface area contributed by atoms with Crippen molar-refractivity contribution in [3.63, 3.8) is 0 Å². The molecule has 0 bridgehead atoms. The highest BCUT2D eigenvalue weighted by atomic mass is 16.5. The van der Waals surface area contributed by atoms with Crippen LogP contribution in [0.15, 0.2) is 12.1 Å². The van der Waals surface area contributed by atoms with Crippen LogP contribution in [0.5, 0.6) is 5.75 Å². The van der Waals surface area contributed by atoms with E-state index in [-0.39, 0.29) is 12.5 Å². The van der Waals surface area contributed by atoms with Crippen LogP contribution in [0, 0.1) is 11.3 Å². The average Bonchev–Trinajstić information content (AvgIpc) is 2.41. The summed E-state index contributed by atoms with van der Waals surface area (Å²) < 4.78 is 5.28. The molecule has 1 amide bonds. The van der Waals surface area contributed by atoms with Crippen molar-refractivity contribution in [1.29, 1.82) is 5.26 Å². The maximum Gasteiger partial charge on any atom is 0.221 e. The van der Waals surface area contributed by atoms with Crippen molar-refractivity contribution in [2.45, 2.75) is 19.8 Å². The van der Waals surface area contributed by atoms with Gasteiger partial charge in [-0.25, -0.2) is 0 Å². The molecule has 108 valence electrons. The SMILES string of the molecule is COc1cc(CCO)c(NC(C)=O)cc1NCCC#N. The zero-order chi connectivity index (χ0) is 15.0. The van der Waals surface area contributed by atoms with Gasteiger partial charge in [0.15, 0.2) is 0 Å². The third-order valence-corrected chi connectivity index (χ3v) is 2.67. The number of hydrogen-bond donors (Lipinski definition) is 3. The first kappa shape index (κ1) is 15.8. The van der Waals surface area contributed by atoms with Gasteiger partial charge in [0.1, 0.15) is 5.75 Å². The lowest BCUT2D eigenvalue weighted by Gasteiger charge is -2.16. The fraction of sp³-hybridized carbons (Fsp3) is 0.429. The van der Waals surface area contributed by atoms with Crippen molar-refractivity contribution in [2.75, 3.05) is 30.9 Å². The number of benzene rings is 1. The zero-order valence-corrected chi connectivity index (χ0v) is 11.7. The number of nitrogens with zero attached hydrogens (tertiary/aromatic N) is 1. The fourth-order valence-electron chi connectivity index (χ4n) is 1.82. The molecule has 3 N–H and O–H groups in total. The van der Waals surface area contributed by atoms with Gasteiger partial charge in [-0.15, -0.1) is 0 Å². The molecule has 1 rings (SSSR count). The molecular formula is C14H19N3O3. The van der Waals surface area contributed by atoms with E-state index >= 15 is 0 Å². The molecule has 0 aliphatic carbocycles. The van der Waals surface area contributed by atoms with E-state index in [9.17, 15) is 4.79 Å². The molecule has 20 heavy (non-hydrogen) atoms. The predicted molar refractivity (Wildman–Crippen MR) is 76.8 cm³/mol. The van der Waals surface area contributed by atoms with Gasteiger partial charge in [-0.3, -0.25) is 4.79 Å². The van der Waals surface area contributed by atoms with Crippen LogP contribution in [0.25, 0.3) is 0 Å². The number of rotatable bonds is 7. The third kappa shape index (κ3) is 4.44. The second kappa shape index (κ2) is 8.02. The van der Waals surface area contributed by atoms with Gasteiger partial charge in [0, 0.05) is 25.8 Å². The fourth-order valence-corrected chi connectivity index (χ4v) is 1.82. The summed E-state index contributed by atoms with van der Waals surface area (Å²) in [5.74, 6) is 0.429. The Bertz CT molecular complexity index is 509. The summed E-state index contributed by atoms with van der Waals surface area (Å²) >= 11 is 0. The number of carbonyl (C=O) groups excluding carboxylic acids is 1. The molecule has 0 atom stereocenters. The minimum absolute atomic E-state index is 0.0169. The number of anilines is 2. The summed E-state index contributed by atoms with van der Waals surface area (Å²) in [6.07, 6.45) is 0.793. The maximum atomic E-state index is 11.2. The van der Waals surface area contributed by atoms with Crippen molar-refractivity contribution in [3.05, 3.63) is 17.7 Å². The van der Waals surface area contributed by atoms with E-state index in [1.54, 1.807) is 19.2 Å². The van der Waals surface area contributed by atoms with Gasteiger partial charge in [0.25, 0.3) is 0 Å². The first-order chi connectivity index (χ1) is 9.62. The van der Waals surface area contributed by atoms with Gasteiger partial charge < -0.3 is 20.5 Å². The number of aliphatic hydroxyl groups excluding tert-OH is 1. The normalized spacial score (nSPS) is 9.70. The molecule has 0 unspecified atom stereocenters. The summed E-state index contributed by atoms with van der Waals surface area (Å²) in [5.41, 5.74) is 2.13. The van der Waals surface area contributed by atoms with Gasteiger partial charge in [-0.1, -0.05) is 0 Å². The van der Waals surface area contributed by atoms with Crippen LogP contribution in [0.2, 0.25) is 0 Å². The smallest absolute Gasteiger partial charge is 0.221 e. The van der Waals surface area contributed by atoms with Crippen molar-refractivity contribution in [3.8, 4) is 11.8 Å². The van der Waals surface area contributed by atoms with Gasteiger partial charge in [-0.2, -0.15) is 5.26 Å². The summed E-state index contributed by atoms with van der Waals surface area (Å²) in [4.78, 5) is 11.2. The Morgan fingerprint density at radius 3 is 2.75 bits per heavy atom. The Morgan fingerprint density at radius 1 is 1.45 bits per heavy atom. The van der Waals surface area contributed by atoms with E-state index in [4.69, 9.17) is 15.1 Å². The number of carbonyl (C=O) groups is 1. The molecule has 0 saturated carbocycles. The molecular weight excluding hydrogens is 258 g/mol. The van der Waals surface area contributed by atoms with Crippen LogP contribution < -0.4 is 15.4 Å². The second-order valence-corrected chi connectivity index (χ2v) is 4.20. The monoisotopic (exact) mass is 277 g/mol. The standard InChI is InChI=1S/C14H19N3O3/c1-10(19)17-12-9-13(16-6-3-5-15)14(20-2)8-11(12)4-7-18/h8-9,16,18H,3-4,6-7H2,1-2H3,(H,17,19). The number of aliphatic hydroxyl groups is 1. The van der Waals surface area contributed by atoms with Gasteiger partial charge in [-0.05, 0) is 24.1 Å². The molecule has 0 saturated heterocycles. The molecule has 0 aliphatic heterocycles. The van der Waals surface area contributed by atoms with Crippen molar-refractivity contribution < 1.29 is 14.6 Å². The lowest BCUT2D eigenvalue weighted by Crippen LogP contribution is -2.11. The van der Waals surface area contributed by atoms with E-state index < -0.39 is 0 Å². The van der Waals surface area contributed by atoms with E-state index in [0.717, 1.165) is 5.56 Å². The predicted octanol–water partition coefficient (Wildman–Crippen LogP) is 1.51. The lowest BCUT2D eigenvalue weighted by molar-refractivity contribution is -0.114. The highest BCUT2D eigenvalue weighted by Crippen LogP contribution is 2.32. The van der Waals surface area contributed by atoms with E-state index in [2.05, 4.69) is 10.6 Å². The zero-order valence-electron chi connectivity index (χ0n) is 11.7. The molecule has 1 aromatic carbocycles. The highest BCUT2D eigenvalue weighted by Gasteiger charge is 2.11. The van der Waals surface area contributed by atoms with Gasteiger partial charge >= 0.3 is 0 Å². The highest BCUT2D eigenvalue weighted by molar-refractivity contribution is 5.90. The number of amides is 1. The van der Waals surface area contributed by atoms with Crippen LogP contribution in [0.1, 0.15) is 18.9 Å². The third-order valence-electron chi connectivity index (χ3n) is 2.67. The summed E-state index contributed by atoms with van der Waals surface area (Å²) in [6, 6.07) is 5.57. The van der Waals surface area contributed by atoms with Crippen LogP contribution in [-0.2, 0) is 11.2 Å². The topological polar surface area (TPSA) is 94.4 Å². The first-order valence-electron chi connectivity index (χ1n) is 6.32. The summed E-state index contributed by atoms with van der Waals surface area (Å²) in [7, 11) is 1.55. The number of nitrogens with one attached hydrogen (secondary N) is 2. The summed E-state index contributed by atoms with van der Waals surface area (Å²) in [5, 5.41) is 23.4. The quantitative estimate of drug-likeness (QED) is 0.657. The lowest BCUT2D eigenvalue weighted by atomic mass is 10.1. The summed E-state index contributed by atoms with van der Waals surface area (Å²) in [6.45, 7) is 1.90. The maximum absolute atomic E-state index is 11.2. The van der Waals surface area contributed by atoms with E-state index in [0.29, 0.717) is 36.5 Å². The molecule has 6 nitrogen and oxygen atoms in total. The molecule has 1 aromatic rings. The number of nitriles is 1. The Labute approximate surface area is 118 Å². The second-order valence-electron chi connectivity index (χ2n) is 4.20. The van der Waals surface area contributed by atoms with Crippen molar-refractivity contribution in [1.82, 2.24) is 0 Å². The van der Waals surface area contributed by atoms with E-state index in [1.165, 1.54) is 6.92 Å². The Hall–Kier alpha value is -2.26. The van der Waals surface area contributed by atoms with Crippen molar-refractivity contribution >= 4 is 17.3 Å². The largest absolute Gasteiger partial charge is 0.495 e. The molecule has 6 heteroatoms. The van der Waals surface area contributed by atoms with Crippen LogP contribution in [0.4, 0.5) is 11.4 Å². The number of ether oxygens (including phenoxy) is 1. The Morgan fingerprint density at radius 2 is 2.20 bits per heavy atom. The van der Waals surface area contributed by atoms with Gasteiger partial charge in [0.05, 0.1) is 25.3 Å². The molecule has 0 fully saturated rings.